The molecule has 0 aliphatic rings. The molecule has 96 valence electrons. The van der Waals surface area contributed by atoms with E-state index in [0.29, 0.717) is 11.4 Å². The third-order valence-corrected chi connectivity index (χ3v) is 2.34. The quantitative estimate of drug-likeness (QED) is 0.621. The Kier molecular flexibility index (Phi) is 4.29. The summed E-state index contributed by atoms with van der Waals surface area (Å²) in [5, 5.41) is 0. The van der Waals surface area contributed by atoms with Crippen molar-refractivity contribution in [3.05, 3.63) is 54.6 Å². The van der Waals surface area contributed by atoms with Crippen LogP contribution in [0.5, 0.6) is 11.5 Å². The Hall–Kier alpha value is -2.62. The number of ether oxygens (including phenoxy) is 2. The Morgan fingerprint density at radius 3 is 2.26 bits per heavy atom. The molecule has 0 aliphatic heterocycles. The molecule has 0 spiro atoms. The SMILES string of the molecule is COC(=O)C=Nc1ccc(Oc2ccccc2)cc1. The molecule has 0 N–H and O–H groups in total. The molecule has 0 bridgehead atoms. The Morgan fingerprint density at radius 2 is 1.63 bits per heavy atom. The van der Waals surface area contributed by atoms with Crippen molar-refractivity contribution in [1.29, 1.82) is 0 Å². The smallest absolute Gasteiger partial charge is 0.349 e. The van der Waals surface area contributed by atoms with Gasteiger partial charge in [0, 0.05) is 0 Å². The van der Waals surface area contributed by atoms with Crippen LogP contribution in [0.1, 0.15) is 0 Å². The average Bonchev–Trinajstić information content (AvgIpc) is 2.47. The molecule has 0 fully saturated rings. The fourth-order valence-electron chi connectivity index (χ4n) is 1.40. The molecule has 2 aromatic rings. The van der Waals surface area contributed by atoms with Gasteiger partial charge in [0.25, 0.3) is 0 Å². The van der Waals surface area contributed by atoms with Crippen LogP contribution in [0.4, 0.5) is 5.69 Å². The number of rotatable bonds is 4. The maximum absolute atomic E-state index is 10.9. The first kappa shape index (κ1) is 12.8. The molecular formula is C15H13NO3. The van der Waals surface area contributed by atoms with Crippen molar-refractivity contribution in [3.63, 3.8) is 0 Å². The zero-order valence-electron chi connectivity index (χ0n) is 10.4. The van der Waals surface area contributed by atoms with E-state index in [1.54, 1.807) is 24.3 Å². The van der Waals surface area contributed by atoms with Gasteiger partial charge < -0.3 is 9.47 Å². The predicted octanol–water partition coefficient (Wildman–Crippen LogP) is 3.35. The number of aliphatic imine (C=N–C) groups is 1. The van der Waals surface area contributed by atoms with Gasteiger partial charge in [-0.15, -0.1) is 0 Å². The summed E-state index contributed by atoms with van der Waals surface area (Å²) in [6, 6.07) is 16.6. The molecule has 2 aromatic carbocycles. The Balaban J connectivity index is 2.03. The minimum absolute atomic E-state index is 0.482. The summed E-state index contributed by atoms with van der Waals surface area (Å²) in [5.74, 6) is 1.00. The lowest BCUT2D eigenvalue weighted by Crippen LogP contribution is -1.99. The number of esters is 1. The minimum Gasteiger partial charge on any atom is -0.465 e. The van der Waals surface area contributed by atoms with Crippen molar-refractivity contribution in [2.45, 2.75) is 0 Å². The molecule has 0 atom stereocenters. The first-order chi connectivity index (χ1) is 9.28. The molecule has 4 nitrogen and oxygen atoms in total. The van der Waals surface area contributed by atoms with Crippen LogP contribution in [0.15, 0.2) is 59.6 Å². The largest absolute Gasteiger partial charge is 0.465 e. The van der Waals surface area contributed by atoms with Gasteiger partial charge in [0.1, 0.15) is 17.7 Å². The fraction of sp³-hybridized carbons (Fsp3) is 0.0667. The van der Waals surface area contributed by atoms with Gasteiger partial charge in [-0.3, -0.25) is 0 Å². The van der Waals surface area contributed by atoms with Gasteiger partial charge in [0.15, 0.2) is 0 Å². The maximum Gasteiger partial charge on any atom is 0.349 e. The van der Waals surface area contributed by atoms with Crippen molar-refractivity contribution in [2.24, 2.45) is 4.99 Å². The molecule has 0 saturated heterocycles. The lowest BCUT2D eigenvalue weighted by atomic mass is 10.3. The van der Waals surface area contributed by atoms with Crippen molar-refractivity contribution in [1.82, 2.24) is 0 Å². The maximum atomic E-state index is 10.9. The van der Waals surface area contributed by atoms with E-state index in [-0.39, 0.29) is 0 Å². The second-order valence-corrected chi connectivity index (χ2v) is 3.69. The van der Waals surface area contributed by atoms with Gasteiger partial charge in [0.2, 0.25) is 0 Å². The van der Waals surface area contributed by atoms with Crippen LogP contribution in [0.25, 0.3) is 0 Å². The summed E-state index contributed by atoms with van der Waals surface area (Å²) >= 11 is 0. The van der Waals surface area contributed by atoms with Gasteiger partial charge >= 0.3 is 5.97 Å². The predicted molar refractivity (Wildman–Crippen MR) is 73.1 cm³/mol. The summed E-state index contributed by atoms with van der Waals surface area (Å²) in [6.45, 7) is 0. The normalized spacial score (nSPS) is 10.4. The Bertz CT molecular complexity index is 562. The van der Waals surface area contributed by atoms with Gasteiger partial charge in [-0.25, -0.2) is 9.79 Å². The molecule has 0 amide bonds. The lowest BCUT2D eigenvalue weighted by Gasteiger charge is -2.05. The molecule has 19 heavy (non-hydrogen) atoms. The van der Waals surface area contributed by atoms with E-state index in [9.17, 15) is 4.79 Å². The highest BCUT2D eigenvalue weighted by molar-refractivity contribution is 6.23. The van der Waals surface area contributed by atoms with Gasteiger partial charge in [-0.1, -0.05) is 18.2 Å². The van der Waals surface area contributed by atoms with Crippen molar-refractivity contribution in [3.8, 4) is 11.5 Å². The fourth-order valence-corrected chi connectivity index (χ4v) is 1.40. The topological polar surface area (TPSA) is 47.9 Å². The zero-order valence-corrected chi connectivity index (χ0v) is 10.4. The standard InChI is InChI=1S/C15H13NO3/c1-18-15(17)11-16-12-7-9-14(10-8-12)19-13-5-3-2-4-6-13/h2-11H,1H3. The van der Waals surface area contributed by atoms with E-state index in [1.165, 1.54) is 7.11 Å². The molecule has 0 aliphatic carbocycles. The lowest BCUT2D eigenvalue weighted by molar-refractivity contribution is -0.132. The first-order valence-electron chi connectivity index (χ1n) is 5.73. The third kappa shape index (κ3) is 3.96. The summed E-state index contributed by atoms with van der Waals surface area (Å²) in [7, 11) is 1.31. The molecule has 0 unspecified atom stereocenters. The highest BCUT2D eigenvalue weighted by Crippen LogP contribution is 2.23. The molecule has 0 radical (unpaired) electrons. The zero-order chi connectivity index (χ0) is 13.5. The number of hydrogen-bond acceptors (Lipinski definition) is 4. The van der Waals surface area contributed by atoms with E-state index in [1.807, 2.05) is 30.3 Å². The van der Waals surface area contributed by atoms with Crippen LogP contribution in [-0.2, 0) is 9.53 Å². The second kappa shape index (κ2) is 6.35. The average molecular weight is 255 g/mol. The number of benzene rings is 2. The number of hydrogen-bond donors (Lipinski definition) is 0. The van der Waals surface area contributed by atoms with Crippen LogP contribution in [0.2, 0.25) is 0 Å². The summed E-state index contributed by atoms with van der Waals surface area (Å²) in [4.78, 5) is 14.9. The van der Waals surface area contributed by atoms with E-state index in [2.05, 4.69) is 9.73 Å². The Labute approximate surface area is 111 Å². The van der Waals surface area contributed by atoms with Gasteiger partial charge in [0.05, 0.1) is 12.8 Å². The third-order valence-electron chi connectivity index (χ3n) is 2.34. The highest BCUT2D eigenvalue weighted by atomic mass is 16.5. The Morgan fingerprint density at radius 1 is 1.00 bits per heavy atom. The van der Waals surface area contributed by atoms with Crippen LogP contribution >= 0.6 is 0 Å². The van der Waals surface area contributed by atoms with Crippen LogP contribution < -0.4 is 4.74 Å². The number of carbonyl (C=O) groups excluding carboxylic acids is 1. The van der Waals surface area contributed by atoms with Crippen molar-refractivity contribution >= 4 is 17.9 Å². The van der Waals surface area contributed by atoms with Gasteiger partial charge in [-0.2, -0.15) is 0 Å². The first-order valence-corrected chi connectivity index (χ1v) is 5.73. The van der Waals surface area contributed by atoms with E-state index < -0.39 is 5.97 Å². The van der Waals surface area contributed by atoms with Crippen LogP contribution in [0, 0.1) is 0 Å². The van der Waals surface area contributed by atoms with Crippen LogP contribution in [0.3, 0.4) is 0 Å². The minimum atomic E-state index is -0.482. The number of para-hydroxylation sites is 1. The molecule has 4 heteroatoms. The number of nitrogens with zero attached hydrogens (tertiary/aromatic N) is 1. The molecular weight excluding hydrogens is 242 g/mol. The highest BCUT2D eigenvalue weighted by Gasteiger charge is 1.97. The number of methoxy groups -OCH3 is 1. The van der Waals surface area contributed by atoms with E-state index in [0.717, 1.165) is 12.0 Å². The van der Waals surface area contributed by atoms with Gasteiger partial charge in [-0.05, 0) is 36.4 Å². The van der Waals surface area contributed by atoms with Crippen LogP contribution in [-0.4, -0.2) is 19.3 Å². The van der Waals surface area contributed by atoms with E-state index in [4.69, 9.17) is 4.74 Å². The number of carbonyl (C=O) groups is 1. The monoisotopic (exact) mass is 255 g/mol. The molecule has 0 heterocycles. The second-order valence-electron chi connectivity index (χ2n) is 3.69. The van der Waals surface area contributed by atoms with Crippen molar-refractivity contribution in [2.75, 3.05) is 7.11 Å². The molecule has 0 aromatic heterocycles. The summed E-state index contributed by atoms with van der Waals surface area (Å²) < 4.78 is 10.1. The molecule has 2 rings (SSSR count). The summed E-state index contributed by atoms with van der Waals surface area (Å²) in [5.41, 5.74) is 0.658. The molecule has 0 saturated carbocycles. The van der Waals surface area contributed by atoms with Crippen molar-refractivity contribution < 1.29 is 14.3 Å². The summed E-state index contributed by atoms with van der Waals surface area (Å²) in [6.07, 6.45) is 1.13. The van der Waals surface area contributed by atoms with E-state index >= 15 is 0 Å².